The van der Waals surface area contributed by atoms with Crippen molar-refractivity contribution in [1.29, 1.82) is 0 Å². The maximum absolute atomic E-state index is 11.7. The molecule has 1 aromatic heterocycles. The number of sulfonamides is 1. The molecule has 0 spiro atoms. The summed E-state index contributed by atoms with van der Waals surface area (Å²) in [6, 6.07) is -0.344. The predicted molar refractivity (Wildman–Crippen MR) is 95.2 cm³/mol. The Morgan fingerprint density at radius 1 is 1.12 bits per heavy atom. The van der Waals surface area contributed by atoms with E-state index in [1.807, 2.05) is 13.8 Å². The average Bonchev–Trinajstić information content (AvgIpc) is 2.74. The summed E-state index contributed by atoms with van der Waals surface area (Å²) in [5.74, 6) is 2.49. The van der Waals surface area contributed by atoms with Gasteiger partial charge in [-0.1, -0.05) is 27.7 Å². The molecule has 1 aromatic rings. The van der Waals surface area contributed by atoms with Crippen molar-refractivity contribution >= 4 is 10.0 Å². The molecular formula is C16H31N5O2S. The van der Waals surface area contributed by atoms with Crippen LogP contribution < -0.4 is 4.72 Å². The van der Waals surface area contributed by atoms with Crippen LogP contribution in [0.2, 0.25) is 0 Å². The number of aromatic nitrogens is 3. The van der Waals surface area contributed by atoms with E-state index in [0.29, 0.717) is 5.92 Å². The van der Waals surface area contributed by atoms with Gasteiger partial charge < -0.3 is 9.47 Å². The SMILES string of the molecule is CC(C)CCN1CCc2nnc(C(NS(C)(=O)=O)C(C)C)n2CC1. The first-order valence-electron chi connectivity index (χ1n) is 8.79. The Morgan fingerprint density at radius 3 is 2.42 bits per heavy atom. The minimum absolute atomic E-state index is 0.105. The van der Waals surface area contributed by atoms with E-state index in [2.05, 4.69) is 38.2 Å². The van der Waals surface area contributed by atoms with Gasteiger partial charge in [0.05, 0.1) is 12.3 Å². The first kappa shape index (κ1) is 19.3. The van der Waals surface area contributed by atoms with Crippen LogP contribution in [0.25, 0.3) is 0 Å². The third-order valence-electron chi connectivity index (χ3n) is 4.46. The molecule has 2 rings (SSSR count). The molecule has 1 N–H and O–H groups in total. The van der Waals surface area contributed by atoms with Gasteiger partial charge in [0, 0.05) is 26.1 Å². The topological polar surface area (TPSA) is 80.1 Å². The Balaban J connectivity index is 2.15. The molecule has 0 fully saturated rings. The summed E-state index contributed by atoms with van der Waals surface area (Å²) in [6.07, 6.45) is 3.24. The molecule has 1 aliphatic heterocycles. The van der Waals surface area contributed by atoms with E-state index < -0.39 is 10.0 Å². The van der Waals surface area contributed by atoms with Gasteiger partial charge in [0.2, 0.25) is 10.0 Å². The number of nitrogens with one attached hydrogen (secondary N) is 1. The van der Waals surface area contributed by atoms with E-state index in [-0.39, 0.29) is 12.0 Å². The smallest absolute Gasteiger partial charge is 0.209 e. The van der Waals surface area contributed by atoms with E-state index in [1.165, 1.54) is 12.7 Å². The summed E-state index contributed by atoms with van der Waals surface area (Å²) in [5, 5.41) is 8.64. The molecular weight excluding hydrogens is 326 g/mol. The number of hydrogen-bond acceptors (Lipinski definition) is 5. The Labute approximate surface area is 145 Å². The van der Waals surface area contributed by atoms with Gasteiger partial charge in [-0.05, 0) is 24.8 Å². The molecule has 0 radical (unpaired) electrons. The summed E-state index contributed by atoms with van der Waals surface area (Å²) in [7, 11) is -3.30. The van der Waals surface area contributed by atoms with Crippen LogP contribution >= 0.6 is 0 Å². The Hall–Kier alpha value is -0.990. The van der Waals surface area contributed by atoms with E-state index in [0.717, 1.165) is 44.2 Å². The lowest BCUT2D eigenvalue weighted by molar-refractivity contribution is 0.260. The normalized spacial score (nSPS) is 18.0. The summed E-state index contributed by atoms with van der Waals surface area (Å²) >= 11 is 0. The highest BCUT2D eigenvalue weighted by molar-refractivity contribution is 7.88. The van der Waals surface area contributed by atoms with E-state index in [4.69, 9.17) is 0 Å². The highest BCUT2D eigenvalue weighted by Crippen LogP contribution is 2.23. The van der Waals surface area contributed by atoms with Crippen molar-refractivity contribution < 1.29 is 8.42 Å². The standard InChI is InChI=1S/C16H31N5O2S/c1-12(2)6-8-20-9-7-14-17-18-16(21(14)11-10-20)15(13(3)4)19-24(5,22)23/h12-13,15,19H,6-11H2,1-5H3. The average molecular weight is 358 g/mol. The lowest BCUT2D eigenvalue weighted by Gasteiger charge is -2.23. The van der Waals surface area contributed by atoms with Crippen molar-refractivity contribution in [3.05, 3.63) is 11.6 Å². The molecule has 24 heavy (non-hydrogen) atoms. The maximum atomic E-state index is 11.7. The molecule has 0 aliphatic carbocycles. The zero-order chi connectivity index (χ0) is 17.9. The molecule has 1 unspecified atom stereocenters. The quantitative estimate of drug-likeness (QED) is 0.798. The molecule has 0 saturated heterocycles. The lowest BCUT2D eigenvalue weighted by atomic mass is 10.1. The molecule has 7 nitrogen and oxygen atoms in total. The van der Waals surface area contributed by atoms with Gasteiger partial charge in [0.1, 0.15) is 5.82 Å². The second kappa shape index (κ2) is 7.93. The first-order valence-corrected chi connectivity index (χ1v) is 10.7. The van der Waals surface area contributed by atoms with E-state index in [9.17, 15) is 8.42 Å². The summed E-state index contributed by atoms with van der Waals surface area (Å²) < 4.78 is 28.2. The fourth-order valence-electron chi connectivity index (χ4n) is 3.00. The van der Waals surface area contributed by atoms with Gasteiger partial charge >= 0.3 is 0 Å². The predicted octanol–water partition coefficient (Wildman–Crippen LogP) is 1.43. The van der Waals surface area contributed by atoms with Crippen LogP contribution in [0.3, 0.4) is 0 Å². The molecule has 138 valence electrons. The van der Waals surface area contributed by atoms with Crippen molar-refractivity contribution in [2.24, 2.45) is 11.8 Å². The van der Waals surface area contributed by atoms with Crippen molar-refractivity contribution in [3.8, 4) is 0 Å². The Kier molecular flexibility index (Phi) is 6.39. The maximum Gasteiger partial charge on any atom is 0.209 e. The Morgan fingerprint density at radius 2 is 1.83 bits per heavy atom. The van der Waals surface area contributed by atoms with E-state index in [1.54, 1.807) is 0 Å². The molecule has 2 heterocycles. The zero-order valence-corrected chi connectivity index (χ0v) is 16.3. The van der Waals surface area contributed by atoms with Crippen molar-refractivity contribution in [2.75, 3.05) is 25.9 Å². The van der Waals surface area contributed by atoms with Crippen LogP contribution in [0.4, 0.5) is 0 Å². The van der Waals surface area contributed by atoms with Gasteiger partial charge in [-0.3, -0.25) is 0 Å². The fraction of sp³-hybridized carbons (Fsp3) is 0.875. The second-order valence-corrected chi connectivity index (χ2v) is 9.29. The third kappa shape index (κ3) is 5.26. The zero-order valence-electron chi connectivity index (χ0n) is 15.5. The van der Waals surface area contributed by atoms with Crippen LogP contribution in [-0.4, -0.2) is 54.0 Å². The van der Waals surface area contributed by atoms with Gasteiger partial charge in [0.15, 0.2) is 5.82 Å². The largest absolute Gasteiger partial charge is 0.312 e. The van der Waals surface area contributed by atoms with Crippen molar-refractivity contribution in [1.82, 2.24) is 24.4 Å². The highest BCUT2D eigenvalue weighted by Gasteiger charge is 2.28. The van der Waals surface area contributed by atoms with Gasteiger partial charge in [0.25, 0.3) is 0 Å². The van der Waals surface area contributed by atoms with Gasteiger partial charge in [-0.15, -0.1) is 10.2 Å². The third-order valence-corrected chi connectivity index (χ3v) is 5.14. The minimum atomic E-state index is -3.30. The van der Waals surface area contributed by atoms with E-state index >= 15 is 0 Å². The number of rotatable bonds is 7. The van der Waals surface area contributed by atoms with Crippen molar-refractivity contribution in [3.63, 3.8) is 0 Å². The van der Waals surface area contributed by atoms with Crippen LogP contribution in [0.5, 0.6) is 0 Å². The van der Waals surface area contributed by atoms with Crippen LogP contribution in [0, 0.1) is 11.8 Å². The number of nitrogens with zero attached hydrogens (tertiary/aromatic N) is 4. The summed E-state index contributed by atoms with van der Waals surface area (Å²) in [6.45, 7) is 12.3. The molecule has 1 aliphatic rings. The Bertz CT molecular complexity index is 639. The summed E-state index contributed by atoms with van der Waals surface area (Å²) in [5.41, 5.74) is 0. The fourth-order valence-corrected chi connectivity index (χ4v) is 3.84. The number of hydrogen-bond donors (Lipinski definition) is 1. The van der Waals surface area contributed by atoms with Gasteiger partial charge in [-0.25, -0.2) is 13.1 Å². The molecule has 0 amide bonds. The molecule has 0 saturated carbocycles. The molecule has 0 aromatic carbocycles. The van der Waals surface area contributed by atoms with Crippen LogP contribution in [0.15, 0.2) is 0 Å². The van der Waals surface area contributed by atoms with Crippen LogP contribution in [0.1, 0.15) is 51.8 Å². The summed E-state index contributed by atoms with van der Waals surface area (Å²) in [4.78, 5) is 2.47. The molecule has 1 atom stereocenters. The lowest BCUT2D eigenvalue weighted by Crippen LogP contribution is -2.34. The first-order chi connectivity index (χ1) is 11.2. The monoisotopic (exact) mass is 357 g/mol. The van der Waals surface area contributed by atoms with Gasteiger partial charge in [-0.2, -0.15) is 0 Å². The van der Waals surface area contributed by atoms with Crippen LogP contribution in [-0.2, 0) is 23.0 Å². The molecule has 0 bridgehead atoms. The minimum Gasteiger partial charge on any atom is -0.312 e. The number of fused-ring (bicyclic) bond motifs is 1. The highest BCUT2D eigenvalue weighted by atomic mass is 32.2. The van der Waals surface area contributed by atoms with Crippen molar-refractivity contribution in [2.45, 2.75) is 53.1 Å². The second-order valence-electron chi connectivity index (χ2n) is 7.51. The molecule has 8 heteroatoms.